The fourth-order valence-electron chi connectivity index (χ4n) is 4.76. The molecule has 0 saturated carbocycles. The SMILES string of the molecule is CCOc1ccc(N2C(=O)[C@@H]3[C@H](c4cccc(OC)c4)NN(C(=O)c4cccc(Br)c4)[C@H]3C2=O)cc1. The fourth-order valence-corrected chi connectivity index (χ4v) is 5.16. The summed E-state index contributed by atoms with van der Waals surface area (Å²) in [6.45, 7) is 2.39. The summed E-state index contributed by atoms with van der Waals surface area (Å²) in [5.74, 6) is -0.793. The highest BCUT2D eigenvalue weighted by molar-refractivity contribution is 9.10. The van der Waals surface area contributed by atoms with E-state index in [9.17, 15) is 14.4 Å². The van der Waals surface area contributed by atoms with Crippen molar-refractivity contribution in [3.8, 4) is 11.5 Å². The number of nitrogens with zero attached hydrogens (tertiary/aromatic N) is 2. The summed E-state index contributed by atoms with van der Waals surface area (Å²) in [6.07, 6.45) is 0. The van der Waals surface area contributed by atoms with Crippen molar-refractivity contribution in [2.45, 2.75) is 19.0 Å². The van der Waals surface area contributed by atoms with E-state index >= 15 is 0 Å². The van der Waals surface area contributed by atoms with E-state index < -0.39 is 29.8 Å². The number of hydrogen-bond acceptors (Lipinski definition) is 6. The minimum Gasteiger partial charge on any atom is -0.497 e. The molecule has 36 heavy (non-hydrogen) atoms. The smallest absolute Gasteiger partial charge is 0.268 e. The Balaban J connectivity index is 1.55. The van der Waals surface area contributed by atoms with E-state index in [4.69, 9.17) is 9.47 Å². The van der Waals surface area contributed by atoms with E-state index in [1.807, 2.05) is 25.1 Å². The van der Waals surface area contributed by atoms with Gasteiger partial charge in [-0.1, -0.05) is 34.1 Å². The highest BCUT2D eigenvalue weighted by Crippen LogP contribution is 2.43. The Kier molecular flexibility index (Phi) is 6.51. The number of methoxy groups -OCH3 is 1. The summed E-state index contributed by atoms with van der Waals surface area (Å²) in [6, 6.07) is 19.4. The number of carbonyl (C=O) groups is 3. The highest BCUT2D eigenvalue weighted by atomic mass is 79.9. The lowest BCUT2D eigenvalue weighted by atomic mass is 9.90. The third kappa shape index (κ3) is 4.14. The van der Waals surface area contributed by atoms with Crippen LogP contribution >= 0.6 is 15.9 Å². The van der Waals surface area contributed by atoms with E-state index in [1.165, 1.54) is 9.91 Å². The van der Waals surface area contributed by atoms with Gasteiger partial charge in [-0.25, -0.2) is 10.3 Å². The Hall–Kier alpha value is -3.69. The zero-order valence-electron chi connectivity index (χ0n) is 19.7. The van der Waals surface area contributed by atoms with Gasteiger partial charge in [-0.15, -0.1) is 0 Å². The maximum Gasteiger partial charge on any atom is 0.268 e. The molecule has 0 bridgehead atoms. The molecule has 0 unspecified atom stereocenters. The Morgan fingerprint density at radius 3 is 2.42 bits per heavy atom. The van der Waals surface area contributed by atoms with Crippen molar-refractivity contribution in [3.05, 3.63) is 88.4 Å². The van der Waals surface area contributed by atoms with E-state index in [1.54, 1.807) is 61.7 Å². The van der Waals surface area contributed by atoms with Crippen LogP contribution in [0.5, 0.6) is 11.5 Å². The first-order chi connectivity index (χ1) is 17.4. The van der Waals surface area contributed by atoms with Crippen LogP contribution in [0.3, 0.4) is 0 Å². The monoisotopic (exact) mass is 549 g/mol. The summed E-state index contributed by atoms with van der Waals surface area (Å²) < 4.78 is 11.6. The molecule has 2 saturated heterocycles. The lowest BCUT2D eigenvalue weighted by Gasteiger charge is -2.25. The molecule has 2 fully saturated rings. The molecule has 1 N–H and O–H groups in total. The lowest BCUT2D eigenvalue weighted by molar-refractivity contribution is -0.123. The summed E-state index contributed by atoms with van der Waals surface area (Å²) in [5.41, 5.74) is 4.72. The first-order valence-corrected chi connectivity index (χ1v) is 12.3. The average Bonchev–Trinajstić information content (AvgIpc) is 3.41. The number of benzene rings is 3. The van der Waals surface area contributed by atoms with E-state index in [-0.39, 0.29) is 5.91 Å². The van der Waals surface area contributed by atoms with E-state index in [2.05, 4.69) is 21.4 Å². The van der Waals surface area contributed by atoms with Gasteiger partial charge in [-0.3, -0.25) is 19.4 Å². The molecule has 0 aliphatic carbocycles. The molecule has 5 rings (SSSR count). The zero-order chi connectivity index (χ0) is 25.4. The van der Waals surface area contributed by atoms with Gasteiger partial charge in [0.2, 0.25) is 5.91 Å². The molecule has 9 heteroatoms. The summed E-state index contributed by atoms with van der Waals surface area (Å²) in [7, 11) is 1.56. The van der Waals surface area contributed by atoms with Crippen LogP contribution < -0.4 is 19.8 Å². The molecule has 2 aliphatic heterocycles. The largest absolute Gasteiger partial charge is 0.497 e. The van der Waals surface area contributed by atoms with Gasteiger partial charge in [0.1, 0.15) is 17.5 Å². The second kappa shape index (κ2) is 9.75. The van der Waals surface area contributed by atoms with Crippen LogP contribution in [0.2, 0.25) is 0 Å². The fraction of sp³-hybridized carbons (Fsp3) is 0.222. The first-order valence-electron chi connectivity index (χ1n) is 11.5. The Morgan fingerprint density at radius 1 is 0.972 bits per heavy atom. The predicted octanol–water partition coefficient (Wildman–Crippen LogP) is 4.12. The molecule has 0 spiro atoms. The molecule has 2 aliphatic rings. The standard InChI is InChI=1S/C27H24BrN3O5/c1-3-36-20-12-10-19(11-13-20)30-26(33)22-23(16-6-5-9-21(15-16)35-2)29-31(24(22)27(30)34)25(32)17-7-4-8-18(28)14-17/h4-15,22-24,29H,3H2,1-2H3/t22-,23+,24-/m1/s1. The number of hydrogen-bond donors (Lipinski definition) is 1. The number of anilines is 1. The van der Waals surface area contributed by atoms with Gasteiger partial charge in [0.05, 0.1) is 31.4 Å². The van der Waals surface area contributed by atoms with Crippen molar-refractivity contribution in [2.75, 3.05) is 18.6 Å². The number of ether oxygens (including phenoxy) is 2. The van der Waals surface area contributed by atoms with Crippen LogP contribution in [-0.4, -0.2) is 42.5 Å². The second-order valence-electron chi connectivity index (χ2n) is 8.48. The summed E-state index contributed by atoms with van der Waals surface area (Å²) in [4.78, 5) is 42.2. The lowest BCUT2D eigenvalue weighted by Crippen LogP contribution is -2.48. The number of hydrazine groups is 1. The van der Waals surface area contributed by atoms with Gasteiger partial charge < -0.3 is 9.47 Å². The van der Waals surface area contributed by atoms with Gasteiger partial charge in [0.15, 0.2) is 0 Å². The predicted molar refractivity (Wildman–Crippen MR) is 137 cm³/mol. The van der Waals surface area contributed by atoms with Crippen molar-refractivity contribution in [2.24, 2.45) is 5.92 Å². The van der Waals surface area contributed by atoms with Crippen LogP contribution in [0, 0.1) is 5.92 Å². The molecule has 2 heterocycles. The molecule has 0 radical (unpaired) electrons. The van der Waals surface area contributed by atoms with Crippen molar-refractivity contribution in [3.63, 3.8) is 0 Å². The highest BCUT2D eigenvalue weighted by Gasteiger charge is 2.60. The van der Waals surface area contributed by atoms with Crippen molar-refractivity contribution >= 4 is 39.3 Å². The first kappa shape index (κ1) is 24.0. The molecule has 3 amide bonds. The molecular weight excluding hydrogens is 526 g/mol. The normalized spacial score (nSPS) is 21.0. The summed E-state index contributed by atoms with van der Waals surface area (Å²) in [5, 5.41) is 1.30. The third-order valence-electron chi connectivity index (χ3n) is 6.38. The number of fused-ring (bicyclic) bond motifs is 1. The van der Waals surface area contributed by atoms with Gasteiger partial charge in [0, 0.05) is 10.0 Å². The van der Waals surface area contributed by atoms with Gasteiger partial charge in [-0.2, -0.15) is 0 Å². The number of halogens is 1. The van der Waals surface area contributed by atoms with Crippen molar-refractivity contribution in [1.29, 1.82) is 0 Å². The molecule has 3 aromatic carbocycles. The molecule has 0 aromatic heterocycles. The van der Waals surface area contributed by atoms with Gasteiger partial charge in [0.25, 0.3) is 11.8 Å². The van der Waals surface area contributed by atoms with E-state index in [0.717, 1.165) is 10.0 Å². The molecule has 184 valence electrons. The van der Waals surface area contributed by atoms with Crippen LogP contribution in [0.15, 0.2) is 77.3 Å². The number of carbonyl (C=O) groups excluding carboxylic acids is 3. The van der Waals surface area contributed by atoms with Gasteiger partial charge >= 0.3 is 0 Å². The zero-order valence-corrected chi connectivity index (χ0v) is 21.3. The van der Waals surface area contributed by atoms with Crippen molar-refractivity contribution < 1.29 is 23.9 Å². The second-order valence-corrected chi connectivity index (χ2v) is 9.39. The molecular formula is C27H24BrN3O5. The minimum atomic E-state index is -1.01. The Bertz CT molecular complexity index is 1330. The Labute approximate surface area is 216 Å². The third-order valence-corrected chi connectivity index (χ3v) is 6.88. The van der Waals surface area contributed by atoms with Gasteiger partial charge in [-0.05, 0) is 67.1 Å². The maximum absolute atomic E-state index is 13.8. The van der Waals surface area contributed by atoms with E-state index in [0.29, 0.717) is 29.4 Å². The number of nitrogens with one attached hydrogen (secondary N) is 1. The molecule has 8 nitrogen and oxygen atoms in total. The average molecular weight is 550 g/mol. The number of amides is 3. The molecule has 3 aromatic rings. The summed E-state index contributed by atoms with van der Waals surface area (Å²) >= 11 is 3.39. The number of rotatable bonds is 6. The van der Waals surface area contributed by atoms with Crippen LogP contribution in [0.1, 0.15) is 28.9 Å². The van der Waals surface area contributed by atoms with Crippen molar-refractivity contribution in [1.82, 2.24) is 10.4 Å². The van der Waals surface area contributed by atoms with Crippen LogP contribution in [0.4, 0.5) is 5.69 Å². The minimum absolute atomic E-state index is 0.376. The van der Waals surface area contributed by atoms with Crippen LogP contribution in [0.25, 0.3) is 0 Å². The number of imide groups is 1. The quantitative estimate of drug-likeness (QED) is 0.465. The molecule has 3 atom stereocenters. The van der Waals surface area contributed by atoms with Crippen LogP contribution in [-0.2, 0) is 9.59 Å². The Morgan fingerprint density at radius 2 is 1.72 bits per heavy atom. The topological polar surface area (TPSA) is 88.2 Å². The maximum atomic E-state index is 13.8.